The molecule has 0 saturated carbocycles. The Morgan fingerprint density at radius 2 is 2.28 bits per heavy atom. The summed E-state index contributed by atoms with van der Waals surface area (Å²) < 4.78 is 33.7. The second kappa shape index (κ2) is 4.81. The number of rotatable bonds is 3. The van der Waals surface area contributed by atoms with E-state index >= 15 is 0 Å². The number of carbonyl (C=O) groups is 1. The fraction of sp³-hybridized carbons (Fsp3) is 0.400. The number of hydrogen-bond acceptors (Lipinski definition) is 4. The number of anilines is 1. The minimum atomic E-state index is -4.58. The van der Waals surface area contributed by atoms with Crippen molar-refractivity contribution in [3.8, 4) is 0 Å². The summed E-state index contributed by atoms with van der Waals surface area (Å²) in [6.45, 7) is 0.110. The lowest BCUT2D eigenvalue weighted by molar-refractivity contribution is -0.117. The maximum atomic E-state index is 12.6. The molecule has 1 amide bonds. The second-order valence-electron chi connectivity index (χ2n) is 4.09. The van der Waals surface area contributed by atoms with Crippen LogP contribution in [0.5, 0.6) is 0 Å². The quantitative estimate of drug-likeness (QED) is 0.790. The molecule has 0 N–H and O–H groups in total. The van der Waals surface area contributed by atoms with Crippen LogP contribution in [0.1, 0.15) is 6.42 Å². The Morgan fingerprint density at radius 1 is 1.56 bits per heavy atom. The van der Waals surface area contributed by atoms with Gasteiger partial charge in [-0.2, -0.15) is 8.42 Å². The van der Waals surface area contributed by atoms with Gasteiger partial charge in [-0.25, -0.2) is 4.98 Å². The highest BCUT2D eigenvalue weighted by Crippen LogP contribution is 2.29. The third kappa shape index (κ3) is 2.97. The van der Waals surface area contributed by atoms with Gasteiger partial charge in [-0.1, -0.05) is 11.6 Å². The first-order valence-corrected chi connectivity index (χ1v) is 7.13. The molecule has 5 nitrogen and oxygen atoms in total. The molecule has 0 aromatic carbocycles. The molecule has 1 fully saturated rings. The van der Waals surface area contributed by atoms with E-state index in [4.69, 9.17) is 11.6 Å². The van der Waals surface area contributed by atoms with Gasteiger partial charge >= 0.3 is 10.2 Å². The van der Waals surface area contributed by atoms with Crippen molar-refractivity contribution in [3.63, 3.8) is 0 Å². The molecule has 0 aliphatic carbocycles. The molecule has 1 aliphatic rings. The van der Waals surface area contributed by atoms with Crippen molar-refractivity contribution in [1.29, 1.82) is 0 Å². The normalized spacial score (nSPS) is 20.4. The third-order valence-corrected chi connectivity index (χ3v) is 3.80. The van der Waals surface area contributed by atoms with Gasteiger partial charge in [0.05, 0.1) is 10.8 Å². The standard InChI is InChI=1S/C10H10ClFN2O3S/c11-8-2-1-3-13-10(8)14-5-7(4-9(14)15)6-18(12,16)17/h1-3,7H,4-6H2. The molecule has 1 atom stereocenters. The van der Waals surface area contributed by atoms with Crippen LogP contribution in [-0.2, 0) is 15.0 Å². The Labute approximate surface area is 109 Å². The topological polar surface area (TPSA) is 67.3 Å². The summed E-state index contributed by atoms with van der Waals surface area (Å²) in [7, 11) is -4.58. The van der Waals surface area contributed by atoms with Crippen LogP contribution in [0.4, 0.5) is 9.70 Å². The van der Waals surface area contributed by atoms with E-state index in [1.807, 2.05) is 0 Å². The molecule has 1 aliphatic heterocycles. The minimum Gasteiger partial charge on any atom is -0.295 e. The maximum Gasteiger partial charge on any atom is 0.302 e. The largest absolute Gasteiger partial charge is 0.302 e. The van der Waals surface area contributed by atoms with Crippen molar-refractivity contribution in [3.05, 3.63) is 23.4 Å². The maximum absolute atomic E-state index is 12.6. The summed E-state index contributed by atoms with van der Waals surface area (Å²) in [5.41, 5.74) is 0. The van der Waals surface area contributed by atoms with Crippen LogP contribution in [-0.4, -0.2) is 31.6 Å². The van der Waals surface area contributed by atoms with Crippen molar-refractivity contribution in [2.45, 2.75) is 6.42 Å². The monoisotopic (exact) mass is 292 g/mol. The highest BCUT2D eigenvalue weighted by molar-refractivity contribution is 7.86. The van der Waals surface area contributed by atoms with Crippen molar-refractivity contribution in [2.75, 3.05) is 17.2 Å². The lowest BCUT2D eigenvalue weighted by Gasteiger charge is -2.16. The van der Waals surface area contributed by atoms with E-state index in [2.05, 4.69) is 4.98 Å². The predicted molar refractivity (Wildman–Crippen MR) is 64.6 cm³/mol. The van der Waals surface area contributed by atoms with Crippen LogP contribution in [0.15, 0.2) is 18.3 Å². The Bertz CT molecular complexity index is 578. The first kappa shape index (κ1) is 13.2. The molecule has 1 unspecified atom stereocenters. The summed E-state index contributed by atoms with van der Waals surface area (Å²) in [5.74, 6) is -1.24. The zero-order valence-electron chi connectivity index (χ0n) is 9.21. The number of pyridine rings is 1. The average Bonchev–Trinajstić information content (AvgIpc) is 2.57. The van der Waals surface area contributed by atoms with Crippen molar-refractivity contribution in [1.82, 2.24) is 4.98 Å². The van der Waals surface area contributed by atoms with Crippen LogP contribution in [0, 0.1) is 5.92 Å². The number of carbonyl (C=O) groups excluding carboxylic acids is 1. The minimum absolute atomic E-state index is 0.0178. The number of aromatic nitrogens is 1. The van der Waals surface area contributed by atoms with Gasteiger partial charge in [-0.3, -0.25) is 9.69 Å². The van der Waals surface area contributed by atoms with Gasteiger partial charge in [-0.15, -0.1) is 3.89 Å². The molecule has 1 saturated heterocycles. The van der Waals surface area contributed by atoms with Crippen molar-refractivity contribution in [2.24, 2.45) is 5.92 Å². The Balaban J connectivity index is 2.18. The molecule has 0 spiro atoms. The van der Waals surface area contributed by atoms with Crippen LogP contribution in [0.2, 0.25) is 5.02 Å². The highest BCUT2D eigenvalue weighted by Gasteiger charge is 2.34. The second-order valence-corrected chi connectivity index (χ2v) is 5.91. The molecular weight excluding hydrogens is 283 g/mol. The molecule has 2 rings (SSSR count). The van der Waals surface area contributed by atoms with E-state index < -0.39 is 21.9 Å². The van der Waals surface area contributed by atoms with Crippen LogP contribution in [0.3, 0.4) is 0 Å². The van der Waals surface area contributed by atoms with E-state index in [1.54, 1.807) is 12.1 Å². The summed E-state index contributed by atoms with van der Waals surface area (Å²) in [6.07, 6.45) is 1.46. The van der Waals surface area contributed by atoms with Gasteiger partial charge in [0, 0.05) is 25.1 Å². The van der Waals surface area contributed by atoms with Gasteiger partial charge in [0.1, 0.15) is 0 Å². The van der Waals surface area contributed by atoms with Gasteiger partial charge < -0.3 is 0 Å². The highest BCUT2D eigenvalue weighted by atomic mass is 35.5. The molecule has 18 heavy (non-hydrogen) atoms. The molecule has 1 aromatic heterocycles. The fourth-order valence-corrected chi connectivity index (χ4v) is 2.97. The lowest BCUT2D eigenvalue weighted by Crippen LogP contribution is -2.26. The number of halogens is 2. The summed E-state index contributed by atoms with van der Waals surface area (Å²) in [4.78, 5) is 17.0. The number of nitrogens with zero attached hydrogens (tertiary/aromatic N) is 2. The smallest absolute Gasteiger partial charge is 0.295 e. The number of hydrogen-bond donors (Lipinski definition) is 0. The summed E-state index contributed by atoms with van der Waals surface area (Å²) >= 11 is 5.90. The predicted octanol–water partition coefficient (Wildman–Crippen LogP) is 1.39. The third-order valence-electron chi connectivity index (χ3n) is 2.63. The van der Waals surface area contributed by atoms with E-state index in [0.29, 0.717) is 5.02 Å². The SMILES string of the molecule is O=C1CC(CS(=O)(=O)F)CN1c1ncccc1Cl. The average molecular weight is 293 g/mol. The first-order chi connectivity index (χ1) is 8.37. The van der Waals surface area contributed by atoms with E-state index in [9.17, 15) is 17.1 Å². The fourth-order valence-electron chi connectivity index (χ4n) is 1.96. The van der Waals surface area contributed by atoms with Crippen LogP contribution < -0.4 is 4.90 Å². The van der Waals surface area contributed by atoms with E-state index in [1.165, 1.54) is 11.1 Å². The number of amides is 1. The summed E-state index contributed by atoms with van der Waals surface area (Å²) in [5, 5.41) is 0.301. The molecule has 1 aromatic rings. The van der Waals surface area contributed by atoms with E-state index in [0.717, 1.165) is 0 Å². The van der Waals surface area contributed by atoms with Gasteiger partial charge in [0.2, 0.25) is 5.91 Å². The van der Waals surface area contributed by atoms with Crippen LogP contribution >= 0.6 is 11.6 Å². The Kier molecular flexibility index (Phi) is 3.54. The zero-order chi connectivity index (χ0) is 13.3. The molecule has 0 bridgehead atoms. The van der Waals surface area contributed by atoms with Gasteiger partial charge in [0.25, 0.3) is 0 Å². The van der Waals surface area contributed by atoms with Gasteiger partial charge in [-0.05, 0) is 12.1 Å². The Morgan fingerprint density at radius 3 is 2.89 bits per heavy atom. The molecule has 2 heterocycles. The van der Waals surface area contributed by atoms with Crippen LogP contribution in [0.25, 0.3) is 0 Å². The molecule has 98 valence electrons. The van der Waals surface area contributed by atoms with Crippen molar-refractivity contribution < 1.29 is 17.1 Å². The molecule has 8 heteroatoms. The molecular formula is C10H10ClFN2O3S. The molecule has 0 radical (unpaired) electrons. The first-order valence-electron chi connectivity index (χ1n) is 5.20. The zero-order valence-corrected chi connectivity index (χ0v) is 10.8. The van der Waals surface area contributed by atoms with Gasteiger partial charge in [0.15, 0.2) is 5.82 Å². The Hall–Kier alpha value is -1.21. The lowest BCUT2D eigenvalue weighted by atomic mass is 10.1. The van der Waals surface area contributed by atoms with E-state index in [-0.39, 0.29) is 24.7 Å². The van der Waals surface area contributed by atoms with Crippen molar-refractivity contribution >= 4 is 33.5 Å². The summed E-state index contributed by atoms with van der Waals surface area (Å²) in [6, 6.07) is 3.20.